The van der Waals surface area contributed by atoms with Gasteiger partial charge in [0.15, 0.2) is 0 Å². The average molecular weight is 238 g/mol. The number of nitrogens with one attached hydrogen (secondary N) is 1. The number of ether oxygens (including phenoxy) is 1. The summed E-state index contributed by atoms with van der Waals surface area (Å²) in [5, 5.41) is 8.98. The quantitative estimate of drug-likeness (QED) is 0.829. The fraction of sp³-hybridized carbons (Fsp3) is 0.267. The van der Waals surface area contributed by atoms with Crippen LogP contribution in [-0.4, -0.2) is 11.6 Å². The molecular formula is C15H14N2O. The molecule has 0 unspecified atom stereocenters. The van der Waals surface area contributed by atoms with E-state index in [1.807, 2.05) is 25.1 Å². The summed E-state index contributed by atoms with van der Waals surface area (Å²) in [5.74, 6) is 0.994. The Morgan fingerprint density at radius 2 is 2.22 bits per heavy atom. The molecule has 18 heavy (non-hydrogen) atoms. The van der Waals surface area contributed by atoms with Crippen LogP contribution < -0.4 is 4.74 Å². The molecule has 2 aromatic rings. The van der Waals surface area contributed by atoms with Crippen LogP contribution in [0.4, 0.5) is 0 Å². The molecule has 0 fully saturated rings. The molecule has 3 heteroatoms. The lowest BCUT2D eigenvalue weighted by atomic mass is 10.0. The molecule has 0 atom stereocenters. The van der Waals surface area contributed by atoms with Crippen LogP contribution in [0.15, 0.2) is 24.3 Å². The smallest absolute Gasteiger partial charge is 0.122 e. The minimum absolute atomic E-state index is 0.707. The molecule has 0 aliphatic carbocycles. The van der Waals surface area contributed by atoms with Gasteiger partial charge >= 0.3 is 0 Å². The number of H-pyrrole nitrogens is 1. The SMILES string of the molecule is Cc1[nH]c(-c2ccc3c(c2)CCCO3)cc1C#N. The van der Waals surface area contributed by atoms with Gasteiger partial charge in [-0.15, -0.1) is 0 Å². The molecule has 0 saturated heterocycles. The number of hydrogen-bond donors (Lipinski definition) is 1. The molecular weight excluding hydrogens is 224 g/mol. The second-order valence-electron chi connectivity index (χ2n) is 4.61. The molecule has 3 rings (SSSR count). The van der Waals surface area contributed by atoms with Crippen LogP contribution in [0.2, 0.25) is 0 Å². The first-order valence-electron chi connectivity index (χ1n) is 6.14. The van der Waals surface area contributed by atoms with Gasteiger partial charge in [-0.05, 0) is 55.2 Å². The maximum atomic E-state index is 8.98. The van der Waals surface area contributed by atoms with Gasteiger partial charge in [0.1, 0.15) is 11.8 Å². The Bertz CT molecular complexity index is 634. The fourth-order valence-corrected chi connectivity index (χ4v) is 2.36. The molecule has 1 aliphatic heterocycles. The Labute approximate surface area is 106 Å². The number of aromatic amines is 1. The lowest BCUT2D eigenvalue weighted by molar-refractivity contribution is 0.288. The van der Waals surface area contributed by atoms with Crippen molar-refractivity contribution in [1.29, 1.82) is 5.26 Å². The van der Waals surface area contributed by atoms with Gasteiger partial charge < -0.3 is 9.72 Å². The van der Waals surface area contributed by atoms with Gasteiger partial charge in [0, 0.05) is 11.4 Å². The Morgan fingerprint density at radius 1 is 1.33 bits per heavy atom. The Hall–Kier alpha value is -2.21. The van der Waals surface area contributed by atoms with E-state index in [1.54, 1.807) is 0 Å². The minimum Gasteiger partial charge on any atom is -0.493 e. The highest BCUT2D eigenvalue weighted by molar-refractivity contribution is 5.65. The van der Waals surface area contributed by atoms with Crippen molar-refractivity contribution >= 4 is 0 Å². The molecule has 0 spiro atoms. The van der Waals surface area contributed by atoms with Gasteiger partial charge in [-0.25, -0.2) is 0 Å². The monoisotopic (exact) mass is 238 g/mol. The fourth-order valence-electron chi connectivity index (χ4n) is 2.36. The van der Waals surface area contributed by atoms with E-state index in [9.17, 15) is 0 Å². The summed E-state index contributed by atoms with van der Waals surface area (Å²) in [6.45, 7) is 2.73. The van der Waals surface area contributed by atoms with Crippen molar-refractivity contribution in [2.75, 3.05) is 6.61 Å². The Kier molecular flexibility index (Phi) is 2.56. The highest BCUT2D eigenvalue weighted by Gasteiger charge is 2.12. The second-order valence-corrected chi connectivity index (χ2v) is 4.61. The first-order chi connectivity index (χ1) is 8.78. The first-order valence-corrected chi connectivity index (χ1v) is 6.14. The van der Waals surface area contributed by atoms with Gasteiger partial charge in [-0.1, -0.05) is 0 Å². The second kappa shape index (κ2) is 4.23. The molecule has 0 amide bonds. The van der Waals surface area contributed by atoms with Crippen molar-refractivity contribution in [2.45, 2.75) is 19.8 Å². The van der Waals surface area contributed by atoms with Crippen molar-refractivity contribution in [3.8, 4) is 23.1 Å². The van der Waals surface area contributed by atoms with Crippen LogP contribution in [-0.2, 0) is 6.42 Å². The molecule has 0 radical (unpaired) electrons. The van der Waals surface area contributed by atoms with Crippen LogP contribution in [0, 0.1) is 18.3 Å². The highest BCUT2D eigenvalue weighted by Crippen LogP contribution is 2.30. The topological polar surface area (TPSA) is 48.8 Å². The molecule has 3 nitrogen and oxygen atoms in total. The number of nitriles is 1. The van der Waals surface area contributed by atoms with Crippen LogP contribution in [0.5, 0.6) is 5.75 Å². The summed E-state index contributed by atoms with van der Waals surface area (Å²) in [6.07, 6.45) is 2.14. The largest absolute Gasteiger partial charge is 0.493 e. The number of aryl methyl sites for hydroxylation is 2. The van der Waals surface area contributed by atoms with Crippen molar-refractivity contribution in [2.24, 2.45) is 0 Å². The number of fused-ring (bicyclic) bond motifs is 1. The van der Waals surface area contributed by atoms with E-state index in [4.69, 9.17) is 10.00 Å². The average Bonchev–Trinajstić information content (AvgIpc) is 2.79. The predicted octanol–water partition coefficient (Wildman–Crippen LogP) is 3.19. The lowest BCUT2D eigenvalue weighted by Crippen LogP contribution is -2.08. The van der Waals surface area contributed by atoms with E-state index in [2.05, 4.69) is 17.1 Å². The van der Waals surface area contributed by atoms with E-state index in [-0.39, 0.29) is 0 Å². The van der Waals surface area contributed by atoms with Gasteiger partial charge in [0.25, 0.3) is 0 Å². The molecule has 1 aromatic heterocycles. The maximum Gasteiger partial charge on any atom is 0.122 e. The Balaban J connectivity index is 2.04. The standard InChI is InChI=1S/C15H14N2O/c1-10-13(9-16)8-14(17-10)11-4-5-15-12(7-11)3-2-6-18-15/h4-5,7-8,17H,2-3,6H2,1H3. The van der Waals surface area contributed by atoms with Crippen molar-refractivity contribution < 1.29 is 4.74 Å². The molecule has 1 aliphatic rings. The van der Waals surface area contributed by atoms with E-state index >= 15 is 0 Å². The number of nitrogens with zero attached hydrogens (tertiary/aromatic N) is 1. The zero-order valence-electron chi connectivity index (χ0n) is 10.3. The summed E-state index contributed by atoms with van der Waals surface area (Å²) >= 11 is 0. The third-order valence-corrected chi connectivity index (χ3v) is 3.35. The van der Waals surface area contributed by atoms with Gasteiger partial charge in [0.05, 0.1) is 12.2 Å². The van der Waals surface area contributed by atoms with E-state index in [0.29, 0.717) is 5.56 Å². The van der Waals surface area contributed by atoms with Crippen LogP contribution in [0.3, 0.4) is 0 Å². The van der Waals surface area contributed by atoms with Gasteiger partial charge in [-0.2, -0.15) is 5.26 Å². The summed E-state index contributed by atoms with van der Waals surface area (Å²) in [4.78, 5) is 3.26. The van der Waals surface area contributed by atoms with Crippen LogP contribution in [0.25, 0.3) is 11.3 Å². The Morgan fingerprint density at radius 3 is 3.00 bits per heavy atom. The summed E-state index contributed by atoms with van der Waals surface area (Å²) < 4.78 is 5.60. The first kappa shape index (κ1) is 10.9. The summed E-state index contributed by atoms with van der Waals surface area (Å²) in [6, 6.07) is 10.3. The van der Waals surface area contributed by atoms with Crippen LogP contribution >= 0.6 is 0 Å². The van der Waals surface area contributed by atoms with Gasteiger partial charge in [0.2, 0.25) is 0 Å². The zero-order chi connectivity index (χ0) is 12.5. The minimum atomic E-state index is 0.707. The van der Waals surface area contributed by atoms with Crippen molar-refractivity contribution in [1.82, 2.24) is 4.98 Å². The molecule has 0 bridgehead atoms. The predicted molar refractivity (Wildman–Crippen MR) is 69.5 cm³/mol. The van der Waals surface area contributed by atoms with Crippen molar-refractivity contribution in [3.05, 3.63) is 41.1 Å². The summed E-state index contributed by atoms with van der Waals surface area (Å²) in [7, 11) is 0. The molecule has 90 valence electrons. The lowest BCUT2D eigenvalue weighted by Gasteiger charge is -2.17. The van der Waals surface area contributed by atoms with E-state index in [0.717, 1.165) is 42.1 Å². The third kappa shape index (κ3) is 1.76. The maximum absolute atomic E-state index is 8.98. The third-order valence-electron chi connectivity index (χ3n) is 3.35. The normalized spacial score (nSPS) is 13.6. The number of rotatable bonds is 1. The zero-order valence-corrected chi connectivity index (χ0v) is 10.3. The van der Waals surface area contributed by atoms with Gasteiger partial charge in [-0.3, -0.25) is 0 Å². The number of hydrogen-bond acceptors (Lipinski definition) is 2. The van der Waals surface area contributed by atoms with Crippen LogP contribution in [0.1, 0.15) is 23.2 Å². The van der Waals surface area contributed by atoms with Crippen molar-refractivity contribution in [3.63, 3.8) is 0 Å². The van der Waals surface area contributed by atoms with E-state index < -0.39 is 0 Å². The number of aromatic nitrogens is 1. The molecule has 2 heterocycles. The number of benzene rings is 1. The molecule has 1 N–H and O–H groups in total. The molecule has 1 aromatic carbocycles. The molecule has 0 saturated carbocycles. The summed E-state index contributed by atoms with van der Waals surface area (Å²) in [5.41, 5.74) is 4.99. The van der Waals surface area contributed by atoms with E-state index in [1.165, 1.54) is 5.56 Å². The highest BCUT2D eigenvalue weighted by atomic mass is 16.5.